The van der Waals surface area contributed by atoms with Crippen LogP contribution >= 0.6 is 0 Å². The molecule has 56 heavy (non-hydrogen) atoms. The topological polar surface area (TPSA) is 152 Å². The van der Waals surface area contributed by atoms with Crippen LogP contribution in [0.25, 0.3) is 22.0 Å². The van der Waals surface area contributed by atoms with Gasteiger partial charge in [0.25, 0.3) is 0 Å². The first-order valence-electron chi connectivity index (χ1n) is 18.3. The van der Waals surface area contributed by atoms with Crippen molar-refractivity contribution in [3.8, 4) is 11.1 Å². The predicted octanol–water partition coefficient (Wildman–Crippen LogP) is 6.56. The fourth-order valence-corrected chi connectivity index (χ4v) is 7.72. The number of anilines is 1. The zero-order valence-electron chi connectivity index (χ0n) is 32.1. The lowest BCUT2D eigenvalue weighted by molar-refractivity contribution is -0.141. The van der Waals surface area contributed by atoms with Crippen LogP contribution in [0.2, 0.25) is 0 Å². The third kappa shape index (κ3) is 8.12. The molecule has 3 amide bonds. The number of aromatic nitrogens is 5. The van der Waals surface area contributed by atoms with Gasteiger partial charge in [0.15, 0.2) is 5.78 Å². The summed E-state index contributed by atoms with van der Waals surface area (Å²) in [4.78, 5) is 68.3. The van der Waals surface area contributed by atoms with Crippen LogP contribution in [0.3, 0.4) is 0 Å². The fourth-order valence-electron chi connectivity index (χ4n) is 7.72. The smallest absolute Gasteiger partial charge is 0.355 e. The number of ketones is 1. The van der Waals surface area contributed by atoms with Gasteiger partial charge in [-0.1, -0.05) is 32.1 Å². The highest BCUT2D eigenvalue weighted by atomic mass is 19.4. The molecule has 6 rings (SSSR count). The Hall–Kier alpha value is -5.73. The van der Waals surface area contributed by atoms with Gasteiger partial charge in [0.2, 0.25) is 17.7 Å². The molecule has 0 bridgehead atoms. The van der Waals surface area contributed by atoms with Gasteiger partial charge >= 0.3 is 6.18 Å². The first kappa shape index (κ1) is 39.9. The lowest BCUT2D eigenvalue weighted by atomic mass is 9.85. The molecule has 0 unspecified atom stereocenters. The van der Waals surface area contributed by atoms with E-state index in [2.05, 4.69) is 43.8 Å². The Kier molecular flexibility index (Phi) is 10.8. The second-order valence-corrected chi connectivity index (χ2v) is 15.7. The molecule has 12 nitrogen and oxygen atoms in total. The van der Waals surface area contributed by atoms with E-state index in [1.807, 2.05) is 26.0 Å². The van der Waals surface area contributed by atoms with Gasteiger partial charge in [-0.3, -0.25) is 23.9 Å². The number of nitrogens with zero attached hydrogens (tertiary/aromatic N) is 6. The van der Waals surface area contributed by atoms with Gasteiger partial charge in [0.05, 0.1) is 5.52 Å². The number of benzene rings is 1. The van der Waals surface area contributed by atoms with Crippen molar-refractivity contribution in [2.75, 3.05) is 11.9 Å². The van der Waals surface area contributed by atoms with Crippen molar-refractivity contribution < 1.29 is 32.3 Å². The number of rotatable bonds is 14. The highest BCUT2D eigenvalue weighted by molar-refractivity contribution is 6.07. The zero-order valence-corrected chi connectivity index (χ0v) is 32.1. The molecule has 3 atom stereocenters. The Morgan fingerprint density at radius 2 is 1.73 bits per heavy atom. The molecular weight excluding hydrogens is 725 g/mol. The van der Waals surface area contributed by atoms with Gasteiger partial charge in [-0.15, -0.1) is 13.2 Å². The van der Waals surface area contributed by atoms with Gasteiger partial charge in [0, 0.05) is 54.7 Å². The number of allylic oxidation sites excluding steroid dienone is 2. The largest absolute Gasteiger partial charge is 0.433 e. The summed E-state index contributed by atoms with van der Waals surface area (Å²) in [5.74, 6) is -1.36. The average molecular weight is 771 g/mol. The van der Waals surface area contributed by atoms with Crippen molar-refractivity contribution in [2.24, 2.45) is 10.8 Å². The molecule has 0 spiro atoms. The molecule has 1 aromatic carbocycles. The monoisotopic (exact) mass is 770 g/mol. The first-order chi connectivity index (χ1) is 26.4. The number of carbonyl (C=O) groups is 4. The van der Waals surface area contributed by atoms with Crippen LogP contribution < -0.4 is 10.6 Å². The number of alkyl halides is 3. The Labute approximate surface area is 322 Å². The number of piperidine rings is 1. The number of Topliss-reactive ketones (excluding diaryl/α,β-unsaturated/α-hetero) is 1. The Morgan fingerprint density at radius 1 is 1.02 bits per heavy atom. The number of amides is 3. The second kappa shape index (κ2) is 15.1. The fraction of sp³-hybridized carbons (Fsp3) is 0.415. The molecule has 1 aliphatic carbocycles. The number of aryl methyl sites for hydroxylation is 2. The Morgan fingerprint density at radius 3 is 2.38 bits per heavy atom. The molecule has 4 heterocycles. The quantitative estimate of drug-likeness (QED) is 0.108. The van der Waals surface area contributed by atoms with E-state index >= 15 is 0 Å². The highest BCUT2D eigenvalue weighted by Crippen LogP contribution is 2.59. The van der Waals surface area contributed by atoms with E-state index < -0.39 is 41.2 Å². The first-order valence-corrected chi connectivity index (χ1v) is 18.3. The van der Waals surface area contributed by atoms with Crippen LogP contribution in [-0.2, 0) is 33.5 Å². The van der Waals surface area contributed by atoms with Crippen LogP contribution in [0.4, 0.5) is 19.0 Å². The lowest BCUT2D eigenvalue weighted by Gasteiger charge is -2.27. The van der Waals surface area contributed by atoms with Crippen molar-refractivity contribution in [1.82, 2.24) is 34.9 Å². The minimum Gasteiger partial charge on any atom is -0.355 e. The Balaban J connectivity index is 1.34. The van der Waals surface area contributed by atoms with E-state index in [-0.39, 0.29) is 54.5 Å². The van der Waals surface area contributed by atoms with Crippen LogP contribution in [0.5, 0.6) is 0 Å². The molecule has 3 aromatic heterocycles. The standard InChI is InChI=1S/C41H45F3N8O4/c1-8-10-26-14-27(28-19-45-25(5)46-20-28)15-29-35(24(4)53)50-51(36(26)29)21-34(55)52-30(38(56)49-37-23(3)11-12-31(48-37)41(42,43)44)16-40(17-32(40)52)22-47-33(54)18-39(6,7)13-9-2/h8-9,11-12,14-15,19-20,30,32H,1-2,10,13,16-18,21-22H2,3-7H3,(H,47,54)(H,48,49,56)/t30-,32+,40-/m0/s1. The highest BCUT2D eigenvalue weighted by Gasteiger charge is 2.67. The van der Waals surface area contributed by atoms with Gasteiger partial charge in [-0.05, 0) is 79.8 Å². The average Bonchev–Trinajstić information content (AvgIpc) is 3.53. The number of carbonyl (C=O) groups excluding carboxylic acids is 4. The molecule has 1 aliphatic heterocycles. The van der Waals surface area contributed by atoms with E-state index in [4.69, 9.17) is 0 Å². The summed E-state index contributed by atoms with van der Waals surface area (Å²) < 4.78 is 42.2. The predicted molar refractivity (Wildman–Crippen MR) is 204 cm³/mol. The van der Waals surface area contributed by atoms with Crippen molar-refractivity contribution in [2.45, 2.75) is 91.5 Å². The third-order valence-corrected chi connectivity index (χ3v) is 10.6. The van der Waals surface area contributed by atoms with Crippen molar-refractivity contribution >= 4 is 40.2 Å². The molecule has 2 aliphatic rings. The molecule has 2 fully saturated rings. The van der Waals surface area contributed by atoms with Crippen molar-refractivity contribution in [1.29, 1.82) is 0 Å². The van der Waals surface area contributed by atoms with Crippen LogP contribution in [0.15, 0.2) is 62.0 Å². The number of hydrogen-bond donors (Lipinski definition) is 2. The molecule has 1 saturated heterocycles. The normalized spacial score (nSPS) is 19.0. The number of pyridine rings is 1. The molecule has 1 saturated carbocycles. The van der Waals surface area contributed by atoms with Crippen LogP contribution in [-0.4, -0.2) is 71.8 Å². The van der Waals surface area contributed by atoms with E-state index in [1.165, 1.54) is 29.5 Å². The van der Waals surface area contributed by atoms with Gasteiger partial charge in [-0.25, -0.2) is 15.0 Å². The second-order valence-electron chi connectivity index (χ2n) is 15.7. The number of likely N-dealkylation sites (tertiary alicyclic amines) is 1. The van der Waals surface area contributed by atoms with E-state index in [0.29, 0.717) is 41.6 Å². The summed E-state index contributed by atoms with van der Waals surface area (Å²) in [6.07, 6.45) is 4.00. The third-order valence-electron chi connectivity index (χ3n) is 10.6. The van der Waals surface area contributed by atoms with E-state index in [1.54, 1.807) is 31.5 Å². The molecule has 2 N–H and O–H groups in total. The number of halogens is 3. The number of fused-ring (bicyclic) bond motifs is 2. The van der Waals surface area contributed by atoms with Gasteiger partial charge in [0.1, 0.15) is 35.6 Å². The van der Waals surface area contributed by atoms with Crippen molar-refractivity contribution in [3.05, 3.63) is 90.3 Å². The van der Waals surface area contributed by atoms with Gasteiger partial charge < -0.3 is 15.5 Å². The summed E-state index contributed by atoms with van der Waals surface area (Å²) in [7, 11) is 0. The minimum absolute atomic E-state index is 0.151. The maximum Gasteiger partial charge on any atom is 0.433 e. The molecule has 294 valence electrons. The SMILES string of the molecule is C=CCc1cc(-c2cnc(C)nc2)cc2c(C(C)=O)nn(CC(=O)N3[C@H](C(=O)Nc4nc(C(F)(F)F)ccc4C)C[C@@]4(CNC(=O)CC(C)(C)CC=C)C[C@@H]34)c12. The van der Waals surface area contributed by atoms with Crippen LogP contribution in [0.1, 0.15) is 79.6 Å². The maximum absolute atomic E-state index is 14.5. The van der Waals surface area contributed by atoms with Crippen molar-refractivity contribution in [3.63, 3.8) is 0 Å². The summed E-state index contributed by atoms with van der Waals surface area (Å²) in [6, 6.07) is 4.23. The van der Waals surface area contributed by atoms with E-state index in [0.717, 1.165) is 22.8 Å². The number of hydrogen-bond acceptors (Lipinski definition) is 8. The summed E-state index contributed by atoms with van der Waals surface area (Å²) in [5, 5.41) is 10.7. The Bertz CT molecular complexity index is 2250. The number of nitrogens with one attached hydrogen (secondary N) is 2. The van der Waals surface area contributed by atoms with Gasteiger partial charge in [-0.2, -0.15) is 18.3 Å². The molecule has 15 heteroatoms. The molecule has 0 radical (unpaired) electrons. The maximum atomic E-state index is 14.5. The summed E-state index contributed by atoms with van der Waals surface area (Å²) in [6.45, 7) is 16.1. The molecule has 4 aromatic rings. The minimum atomic E-state index is -4.74. The summed E-state index contributed by atoms with van der Waals surface area (Å²) in [5.41, 5.74) is 1.08. The van der Waals surface area contributed by atoms with E-state index in [9.17, 15) is 32.3 Å². The zero-order chi connectivity index (χ0) is 40.7. The molecular formula is C41H45F3N8O4. The summed E-state index contributed by atoms with van der Waals surface area (Å²) >= 11 is 0. The lowest BCUT2D eigenvalue weighted by Crippen LogP contribution is -2.47. The van der Waals surface area contributed by atoms with Crippen LogP contribution in [0, 0.1) is 24.7 Å².